The Kier molecular flexibility index (Phi) is 3.50. The fraction of sp³-hybridized carbons (Fsp3) is 0.647. The highest BCUT2D eigenvalue weighted by molar-refractivity contribution is 5.16. The van der Waals surface area contributed by atoms with Crippen molar-refractivity contribution < 1.29 is 4.74 Å². The first-order valence-corrected chi connectivity index (χ1v) is 8.05. The molecular weight excluding hydrogens is 262 g/mol. The van der Waals surface area contributed by atoms with Crippen LogP contribution in [-0.4, -0.2) is 79.3 Å². The summed E-state index contributed by atoms with van der Waals surface area (Å²) in [5, 5.41) is 0. The van der Waals surface area contributed by atoms with Gasteiger partial charge in [-0.2, -0.15) is 0 Å². The highest BCUT2D eigenvalue weighted by atomic mass is 16.5. The van der Waals surface area contributed by atoms with Crippen LogP contribution in [0.15, 0.2) is 30.3 Å². The van der Waals surface area contributed by atoms with Crippen LogP contribution >= 0.6 is 0 Å². The van der Waals surface area contributed by atoms with E-state index in [0.29, 0.717) is 11.6 Å². The van der Waals surface area contributed by atoms with Crippen LogP contribution in [0.3, 0.4) is 0 Å². The lowest BCUT2D eigenvalue weighted by Gasteiger charge is -2.63. The summed E-state index contributed by atoms with van der Waals surface area (Å²) >= 11 is 0. The van der Waals surface area contributed by atoms with E-state index in [-0.39, 0.29) is 0 Å². The van der Waals surface area contributed by atoms with Crippen LogP contribution in [0.4, 0.5) is 0 Å². The van der Waals surface area contributed by atoms with Crippen molar-refractivity contribution in [3.05, 3.63) is 35.9 Å². The van der Waals surface area contributed by atoms with Gasteiger partial charge in [0.2, 0.25) is 0 Å². The van der Waals surface area contributed by atoms with E-state index in [0.717, 1.165) is 32.8 Å². The van der Waals surface area contributed by atoms with Crippen molar-refractivity contribution >= 4 is 0 Å². The average Bonchev–Trinajstić information content (AvgIpc) is 2.47. The quantitative estimate of drug-likeness (QED) is 0.804. The van der Waals surface area contributed by atoms with Gasteiger partial charge in [0.05, 0.1) is 18.8 Å². The number of benzene rings is 1. The third-order valence-corrected chi connectivity index (χ3v) is 5.20. The summed E-state index contributed by atoms with van der Waals surface area (Å²) in [6, 6.07) is 11.4. The summed E-state index contributed by atoms with van der Waals surface area (Å²) in [6.45, 7) is 8.72. The standard InChI is InChI=1S/C17H25N3O/c1-18-12-17(13-18)14-19(9-15-5-3-2-4-6-15)10-16-11-21-8-7-20(16)17/h2-6,16H,7-14H2,1H3. The molecule has 1 aromatic rings. The molecular formula is C17H25N3O. The Hall–Kier alpha value is -0.940. The van der Waals surface area contributed by atoms with Crippen molar-refractivity contribution in [2.45, 2.75) is 18.1 Å². The van der Waals surface area contributed by atoms with Gasteiger partial charge >= 0.3 is 0 Å². The molecule has 1 aromatic carbocycles. The molecule has 21 heavy (non-hydrogen) atoms. The number of nitrogens with zero attached hydrogens (tertiary/aromatic N) is 3. The van der Waals surface area contributed by atoms with E-state index in [1.807, 2.05) is 0 Å². The lowest BCUT2D eigenvalue weighted by molar-refractivity contribution is -0.161. The maximum absolute atomic E-state index is 5.74. The zero-order valence-corrected chi connectivity index (χ0v) is 12.9. The number of morpholine rings is 1. The molecule has 0 aromatic heterocycles. The molecule has 3 heterocycles. The van der Waals surface area contributed by atoms with Crippen LogP contribution in [0, 0.1) is 0 Å². The van der Waals surface area contributed by atoms with E-state index in [1.165, 1.54) is 25.2 Å². The monoisotopic (exact) mass is 287 g/mol. The molecule has 3 aliphatic heterocycles. The van der Waals surface area contributed by atoms with Crippen LogP contribution in [0.25, 0.3) is 0 Å². The molecule has 3 saturated heterocycles. The third-order valence-electron chi connectivity index (χ3n) is 5.20. The maximum atomic E-state index is 5.74. The largest absolute Gasteiger partial charge is 0.378 e. The van der Waals surface area contributed by atoms with Gasteiger partial charge in [-0.3, -0.25) is 9.80 Å². The lowest BCUT2D eigenvalue weighted by atomic mass is 9.83. The fourth-order valence-electron chi connectivity index (χ4n) is 4.50. The molecule has 4 heteroatoms. The Bertz CT molecular complexity index is 486. The first-order valence-electron chi connectivity index (χ1n) is 8.05. The third kappa shape index (κ3) is 2.50. The Labute approximate surface area is 127 Å². The van der Waals surface area contributed by atoms with E-state index in [4.69, 9.17) is 4.74 Å². The zero-order valence-electron chi connectivity index (χ0n) is 12.9. The van der Waals surface area contributed by atoms with Gasteiger partial charge in [0.1, 0.15) is 0 Å². The second-order valence-corrected chi connectivity index (χ2v) is 6.97. The summed E-state index contributed by atoms with van der Waals surface area (Å²) in [6.07, 6.45) is 0. The number of rotatable bonds is 2. The Balaban J connectivity index is 1.52. The number of ether oxygens (including phenoxy) is 1. The van der Waals surface area contributed by atoms with Crippen molar-refractivity contribution in [1.82, 2.24) is 14.7 Å². The number of hydrogen-bond donors (Lipinski definition) is 0. The fourth-order valence-corrected chi connectivity index (χ4v) is 4.50. The molecule has 0 radical (unpaired) electrons. The minimum absolute atomic E-state index is 0.371. The van der Waals surface area contributed by atoms with Crippen molar-refractivity contribution in [3.8, 4) is 0 Å². The molecule has 0 bridgehead atoms. The van der Waals surface area contributed by atoms with E-state index in [9.17, 15) is 0 Å². The van der Waals surface area contributed by atoms with E-state index in [1.54, 1.807) is 0 Å². The molecule has 3 aliphatic rings. The SMILES string of the molecule is CN1CC2(C1)CN(Cc1ccccc1)CC1COCCN12. The molecule has 1 unspecified atom stereocenters. The summed E-state index contributed by atoms with van der Waals surface area (Å²) in [4.78, 5) is 7.83. The second kappa shape index (κ2) is 5.36. The minimum Gasteiger partial charge on any atom is -0.378 e. The van der Waals surface area contributed by atoms with Crippen LogP contribution in [0.1, 0.15) is 5.56 Å². The Morgan fingerprint density at radius 2 is 2.00 bits per heavy atom. The van der Waals surface area contributed by atoms with E-state index < -0.39 is 0 Å². The van der Waals surface area contributed by atoms with Gasteiger partial charge in [-0.15, -0.1) is 0 Å². The van der Waals surface area contributed by atoms with Crippen LogP contribution < -0.4 is 0 Å². The Morgan fingerprint density at radius 3 is 2.76 bits per heavy atom. The molecule has 114 valence electrons. The van der Waals surface area contributed by atoms with Crippen molar-refractivity contribution in [3.63, 3.8) is 0 Å². The number of piperazine rings is 1. The first kappa shape index (κ1) is 13.7. The summed E-state index contributed by atoms with van der Waals surface area (Å²) in [5.74, 6) is 0. The molecule has 0 saturated carbocycles. The van der Waals surface area contributed by atoms with Gasteiger partial charge < -0.3 is 9.64 Å². The molecule has 1 spiro atoms. The van der Waals surface area contributed by atoms with Gasteiger partial charge in [-0.25, -0.2) is 0 Å². The minimum atomic E-state index is 0.371. The van der Waals surface area contributed by atoms with Crippen molar-refractivity contribution in [1.29, 1.82) is 0 Å². The number of likely N-dealkylation sites (tertiary alicyclic amines) is 1. The van der Waals surface area contributed by atoms with E-state index in [2.05, 4.69) is 52.1 Å². The van der Waals surface area contributed by atoms with Crippen LogP contribution in [0.5, 0.6) is 0 Å². The first-order chi connectivity index (χ1) is 10.3. The number of likely N-dealkylation sites (N-methyl/N-ethyl adjacent to an activating group) is 1. The summed E-state index contributed by atoms with van der Waals surface area (Å²) in [7, 11) is 2.23. The van der Waals surface area contributed by atoms with Gasteiger partial charge in [0.15, 0.2) is 0 Å². The van der Waals surface area contributed by atoms with E-state index >= 15 is 0 Å². The molecule has 4 nitrogen and oxygen atoms in total. The Morgan fingerprint density at radius 1 is 1.19 bits per heavy atom. The molecule has 0 N–H and O–H groups in total. The highest BCUT2D eigenvalue weighted by Gasteiger charge is 2.52. The zero-order chi connectivity index (χ0) is 14.3. The predicted molar refractivity (Wildman–Crippen MR) is 83.3 cm³/mol. The van der Waals surface area contributed by atoms with Crippen molar-refractivity contribution in [2.24, 2.45) is 0 Å². The van der Waals surface area contributed by atoms with Gasteiger partial charge in [0, 0.05) is 45.3 Å². The second-order valence-electron chi connectivity index (χ2n) is 6.97. The smallest absolute Gasteiger partial charge is 0.0635 e. The number of fused-ring (bicyclic) bond motifs is 2. The molecule has 3 fully saturated rings. The maximum Gasteiger partial charge on any atom is 0.0635 e. The molecule has 1 atom stereocenters. The molecule has 0 aliphatic carbocycles. The topological polar surface area (TPSA) is 19.0 Å². The average molecular weight is 287 g/mol. The van der Waals surface area contributed by atoms with Crippen LogP contribution in [0.2, 0.25) is 0 Å². The summed E-state index contributed by atoms with van der Waals surface area (Å²) < 4.78 is 5.74. The van der Waals surface area contributed by atoms with Gasteiger partial charge in [-0.05, 0) is 12.6 Å². The molecule has 4 rings (SSSR count). The summed E-state index contributed by atoms with van der Waals surface area (Å²) in [5.41, 5.74) is 1.79. The van der Waals surface area contributed by atoms with Crippen molar-refractivity contribution in [2.75, 3.05) is 53.0 Å². The highest BCUT2D eigenvalue weighted by Crippen LogP contribution is 2.35. The van der Waals surface area contributed by atoms with Gasteiger partial charge in [0.25, 0.3) is 0 Å². The molecule has 0 amide bonds. The lowest BCUT2D eigenvalue weighted by Crippen LogP contribution is -2.79. The normalized spacial score (nSPS) is 30.0. The van der Waals surface area contributed by atoms with Gasteiger partial charge in [-0.1, -0.05) is 30.3 Å². The number of hydrogen-bond acceptors (Lipinski definition) is 4. The van der Waals surface area contributed by atoms with Crippen LogP contribution in [-0.2, 0) is 11.3 Å². The predicted octanol–water partition coefficient (Wildman–Crippen LogP) is 0.887.